The molecule has 0 spiro atoms. The van der Waals surface area contributed by atoms with Crippen LogP contribution in [-0.4, -0.2) is 24.9 Å². The Labute approximate surface area is 151 Å². The van der Waals surface area contributed by atoms with E-state index in [0.29, 0.717) is 12.3 Å². The molecule has 1 aliphatic rings. The molecule has 1 aliphatic heterocycles. The van der Waals surface area contributed by atoms with E-state index in [4.69, 9.17) is 14.2 Å². The van der Waals surface area contributed by atoms with Gasteiger partial charge in [-0.15, -0.1) is 0 Å². The molecule has 0 fully saturated rings. The van der Waals surface area contributed by atoms with Crippen molar-refractivity contribution in [2.75, 3.05) is 13.9 Å². The van der Waals surface area contributed by atoms with Gasteiger partial charge in [0.15, 0.2) is 23.0 Å². The highest BCUT2D eigenvalue weighted by atomic mass is 16.7. The van der Waals surface area contributed by atoms with E-state index in [1.807, 2.05) is 24.3 Å². The quantitative estimate of drug-likeness (QED) is 0.617. The number of benzene rings is 2. The molecule has 2 N–H and O–H groups in total. The maximum absolute atomic E-state index is 11.9. The van der Waals surface area contributed by atoms with E-state index in [1.54, 1.807) is 24.3 Å². The van der Waals surface area contributed by atoms with Crippen LogP contribution in [0.15, 0.2) is 54.6 Å². The fourth-order valence-corrected chi connectivity index (χ4v) is 2.41. The zero-order valence-corrected chi connectivity index (χ0v) is 14.3. The molecule has 0 bridgehead atoms. The number of nitrogens with one attached hydrogen (secondary N) is 1. The number of ether oxygens (including phenoxy) is 3. The molecule has 1 heterocycles. The van der Waals surface area contributed by atoms with Crippen molar-refractivity contribution in [3.8, 4) is 23.0 Å². The highest BCUT2D eigenvalue weighted by molar-refractivity contribution is 5.87. The summed E-state index contributed by atoms with van der Waals surface area (Å²) in [6.45, 7) is 0.584. The Morgan fingerprint density at radius 3 is 2.88 bits per heavy atom. The summed E-state index contributed by atoms with van der Waals surface area (Å²) >= 11 is 0. The van der Waals surface area contributed by atoms with Crippen molar-refractivity contribution >= 4 is 12.0 Å². The highest BCUT2D eigenvalue weighted by Gasteiger charge is 2.11. The van der Waals surface area contributed by atoms with E-state index in [-0.39, 0.29) is 18.4 Å². The van der Waals surface area contributed by atoms with Crippen LogP contribution in [0.3, 0.4) is 0 Å². The number of hydrogen-bond donors (Lipinski definition) is 2. The van der Waals surface area contributed by atoms with Crippen molar-refractivity contribution in [2.24, 2.45) is 0 Å². The fraction of sp³-hybridized carbons (Fsp3) is 0.150. The second-order valence-electron chi connectivity index (χ2n) is 5.55. The van der Waals surface area contributed by atoms with E-state index >= 15 is 0 Å². The lowest BCUT2D eigenvalue weighted by Crippen LogP contribution is -2.20. The lowest BCUT2D eigenvalue weighted by atomic mass is 10.2. The molecule has 1 amide bonds. The number of phenols is 1. The number of methoxy groups -OCH3 is 1. The molecule has 2 aromatic rings. The van der Waals surface area contributed by atoms with Crippen molar-refractivity contribution in [1.29, 1.82) is 0 Å². The smallest absolute Gasteiger partial charge is 0.244 e. The number of rotatable bonds is 6. The van der Waals surface area contributed by atoms with Gasteiger partial charge in [-0.2, -0.15) is 0 Å². The molecular weight excluding hydrogens is 334 g/mol. The average Bonchev–Trinajstić information content (AvgIpc) is 3.12. The van der Waals surface area contributed by atoms with Gasteiger partial charge in [0, 0.05) is 12.6 Å². The lowest BCUT2D eigenvalue weighted by molar-refractivity contribution is -0.116. The zero-order valence-electron chi connectivity index (χ0n) is 14.3. The Morgan fingerprint density at radius 2 is 2.04 bits per heavy atom. The molecule has 0 aromatic heterocycles. The van der Waals surface area contributed by atoms with Crippen molar-refractivity contribution < 1.29 is 24.1 Å². The first-order valence-electron chi connectivity index (χ1n) is 8.04. The third-order valence-electron chi connectivity index (χ3n) is 3.75. The summed E-state index contributed by atoms with van der Waals surface area (Å²) in [5, 5.41) is 12.3. The fourth-order valence-electron chi connectivity index (χ4n) is 2.41. The van der Waals surface area contributed by atoms with Gasteiger partial charge >= 0.3 is 0 Å². The Morgan fingerprint density at radius 1 is 1.19 bits per heavy atom. The standard InChI is InChI=1S/C20H19NO5/c1-24-18-11-15(6-8-16(18)22)12-21-20(23)5-3-2-4-14-7-9-17-19(10-14)26-13-25-17/h2-11,22H,12-13H2,1H3,(H,21,23)/b4-2+,5-3+. The largest absolute Gasteiger partial charge is 0.504 e. The van der Waals surface area contributed by atoms with Gasteiger partial charge in [0.05, 0.1) is 7.11 Å². The minimum Gasteiger partial charge on any atom is -0.504 e. The van der Waals surface area contributed by atoms with Crippen molar-refractivity contribution in [2.45, 2.75) is 6.54 Å². The molecule has 0 unspecified atom stereocenters. The van der Waals surface area contributed by atoms with Crippen LogP contribution in [0.5, 0.6) is 23.0 Å². The van der Waals surface area contributed by atoms with Gasteiger partial charge in [-0.1, -0.05) is 30.4 Å². The number of allylic oxidation sites excluding steroid dienone is 2. The SMILES string of the molecule is COc1cc(CNC(=O)/C=C/C=C/c2ccc3c(c2)OCO3)ccc1O. The van der Waals surface area contributed by atoms with Gasteiger partial charge in [-0.05, 0) is 35.4 Å². The van der Waals surface area contributed by atoms with Crippen molar-refractivity contribution in [3.05, 3.63) is 65.8 Å². The molecule has 26 heavy (non-hydrogen) atoms. The summed E-state index contributed by atoms with van der Waals surface area (Å²) in [5.74, 6) is 1.68. The van der Waals surface area contributed by atoms with E-state index in [1.165, 1.54) is 19.3 Å². The van der Waals surface area contributed by atoms with Crippen LogP contribution >= 0.6 is 0 Å². The highest BCUT2D eigenvalue weighted by Crippen LogP contribution is 2.32. The number of amides is 1. The van der Waals surface area contributed by atoms with Crippen LogP contribution in [0.25, 0.3) is 6.08 Å². The Balaban J connectivity index is 1.50. The summed E-state index contributed by atoms with van der Waals surface area (Å²) in [6.07, 6.45) is 6.76. The summed E-state index contributed by atoms with van der Waals surface area (Å²) in [6, 6.07) is 10.6. The summed E-state index contributed by atoms with van der Waals surface area (Å²) in [7, 11) is 1.48. The van der Waals surface area contributed by atoms with E-state index in [2.05, 4.69) is 5.32 Å². The molecule has 0 radical (unpaired) electrons. The van der Waals surface area contributed by atoms with Crippen molar-refractivity contribution in [3.63, 3.8) is 0 Å². The van der Waals surface area contributed by atoms with Crippen LogP contribution < -0.4 is 19.5 Å². The monoisotopic (exact) mass is 353 g/mol. The number of carbonyl (C=O) groups is 1. The predicted octanol–water partition coefficient (Wildman–Crippen LogP) is 3.02. The van der Waals surface area contributed by atoms with Gasteiger partial charge in [0.25, 0.3) is 0 Å². The van der Waals surface area contributed by atoms with Crippen LogP contribution in [-0.2, 0) is 11.3 Å². The Kier molecular flexibility index (Phi) is 5.43. The molecule has 0 saturated heterocycles. The molecule has 0 atom stereocenters. The first-order chi connectivity index (χ1) is 12.7. The maximum atomic E-state index is 11.9. The molecule has 134 valence electrons. The summed E-state index contributed by atoms with van der Waals surface area (Å²) in [5.41, 5.74) is 1.78. The molecule has 2 aromatic carbocycles. The van der Waals surface area contributed by atoms with E-state index in [9.17, 15) is 9.90 Å². The third-order valence-corrected chi connectivity index (χ3v) is 3.75. The molecule has 6 nitrogen and oxygen atoms in total. The number of aromatic hydroxyl groups is 1. The average molecular weight is 353 g/mol. The van der Waals surface area contributed by atoms with Gasteiger partial charge in [-0.3, -0.25) is 4.79 Å². The number of hydrogen-bond acceptors (Lipinski definition) is 5. The van der Waals surface area contributed by atoms with Gasteiger partial charge in [0.2, 0.25) is 12.7 Å². The van der Waals surface area contributed by atoms with Gasteiger partial charge in [0.1, 0.15) is 0 Å². The number of fused-ring (bicyclic) bond motifs is 1. The van der Waals surface area contributed by atoms with Crippen LogP contribution in [0.1, 0.15) is 11.1 Å². The molecule has 0 saturated carbocycles. The van der Waals surface area contributed by atoms with Gasteiger partial charge < -0.3 is 24.6 Å². The molecular formula is C20H19NO5. The summed E-state index contributed by atoms with van der Waals surface area (Å²) < 4.78 is 15.6. The predicted molar refractivity (Wildman–Crippen MR) is 97.2 cm³/mol. The van der Waals surface area contributed by atoms with Crippen molar-refractivity contribution in [1.82, 2.24) is 5.32 Å². The van der Waals surface area contributed by atoms with Crippen LogP contribution in [0.4, 0.5) is 0 Å². The first-order valence-corrected chi connectivity index (χ1v) is 8.04. The molecule has 0 aliphatic carbocycles. The third kappa shape index (κ3) is 4.36. The lowest BCUT2D eigenvalue weighted by Gasteiger charge is -2.07. The van der Waals surface area contributed by atoms with Gasteiger partial charge in [-0.25, -0.2) is 0 Å². The molecule has 6 heteroatoms. The second kappa shape index (κ2) is 8.11. The van der Waals surface area contributed by atoms with E-state index in [0.717, 1.165) is 22.6 Å². The number of carbonyl (C=O) groups excluding carboxylic acids is 1. The Bertz CT molecular complexity index is 857. The minimum atomic E-state index is -0.215. The second-order valence-corrected chi connectivity index (χ2v) is 5.55. The zero-order chi connectivity index (χ0) is 18.4. The first kappa shape index (κ1) is 17.4. The maximum Gasteiger partial charge on any atom is 0.244 e. The Hall–Kier alpha value is -3.41. The topological polar surface area (TPSA) is 77.0 Å². The minimum absolute atomic E-state index is 0.0659. The normalized spacial score (nSPS) is 12.7. The number of phenolic OH excluding ortho intramolecular Hbond substituents is 1. The van der Waals surface area contributed by atoms with Crippen LogP contribution in [0.2, 0.25) is 0 Å². The summed E-state index contributed by atoms with van der Waals surface area (Å²) in [4.78, 5) is 11.9. The molecule has 3 rings (SSSR count). The van der Waals surface area contributed by atoms with E-state index < -0.39 is 0 Å². The van der Waals surface area contributed by atoms with Crippen LogP contribution in [0, 0.1) is 0 Å².